The zero-order valence-corrected chi connectivity index (χ0v) is 16.5. The quantitative estimate of drug-likeness (QED) is 0.593. The molecule has 3 heterocycles. The van der Waals surface area contributed by atoms with Gasteiger partial charge in [-0.2, -0.15) is 0 Å². The zero-order chi connectivity index (χ0) is 18.4. The number of hydrogen-bond acceptors (Lipinski definition) is 7. The second-order valence-electron chi connectivity index (χ2n) is 5.92. The molecule has 0 radical (unpaired) electrons. The minimum Gasteiger partial charge on any atom is -0.308 e. The molecule has 4 rings (SSSR count). The number of para-hydroxylation sites is 2. The van der Waals surface area contributed by atoms with Gasteiger partial charge in [-0.3, -0.25) is 9.69 Å². The van der Waals surface area contributed by atoms with Gasteiger partial charge in [-0.1, -0.05) is 36.1 Å². The van der Waals surface area contributed by atoms with Crippen LogP contribution in [0.2, 0.25) is 0 Å². The summed E-state index contributed by atoms with van der Waals surface area (Å²) in [5.74, 6) is 2.40. The molecule has 2 aliphatic heterocycles. The molecule has 0 atom stereocenters. The van der Waals surface area contributed by atoms with Gasteiger partial charge in [-0.25, -0.2) is 9.97 Å². The molecule has 0 N–H and O–H groups in total. The van der Waals surface area contributed by atoms with E-state index in [0.717, 1.165) is 28.5 Å². The SMILES string of the molecule is CCN1C(=O)C(=C2N(CC)c3nc4ccccc4nc3N2CC)SC1=S. The summed E-state index contributed by atoms with van der Waals surface area (Å²) < 4.78 is 0.606. The Morgan fingerprint density at radius 3 is 1.85 bits per heavy atom. The van der Waals surface area contributed by atoms with E-state index in [2.05, 4.69) is 23.6 Å². The third-order valence-electron chi connectivity index (χ3n) is 4.56. The number of thiocarbonyl (C=S) groups is 1. The average molecular weight is 386 g/mol. The van der Waals surface area contributed by atoms with E-state index in [1.807, 2.05) is 31.2 Å². The van der Waals surface area contributed by atoms with E-state index in [1.54, 1.807) is 4.90 Å². The molecule has 1 aromatic carbocycles. The van der Waals surface area contributed by atoms with Crippen molar-refractivity contribution in [1.82, 2.24) is 14.9 Å². The second kappa shape index (κ2) is 6.51. The Morgan fingerprint density at radius 1 is 0.923 bits per heavy atom. The first-order valence-corrected chi connectivity index (χ1v) is 9.92. The first-order chi connectivity index (χ1) is 12.6. The molecule has 1 fully saturated rings. The molecule has 0 unspecified atom stereocenters. The number of hydrogen-bond donors (Lipinski definition) is 0. The van der Waals surface area contributed by atoms with Gasteiger partial charge in [-0.15, -0.1) is 0 Å². The molecule has 134 valence electrons. The molecule has 1 aromatic heterocycles. The Morgan fingerprint density at radius 2 is 1.42 bits per heavy atom. The standard InChI is InChI=1S/C18H19N5OS2/c1-4-21-14-15(20-12-10-8-7-9-11(12)19-14)22(5-2)16(21)13-17(24)23(6-3)18(25)26-13/h7-10H,4-6H2,1-3H3. The zero-order valence-electron chi connectivity index (χ0n) is 14.9. The minimum atomic E-state index is -0.0354. The summed E-state index contributed by atoms with van der Waals surface area (Å²) in [5, 5.41) is 0. The van der Waals surface area contributed by atoms with Crippen molar-refractivity contribution in [2.24, 2.45) is 0 Å². The van der Waals surface area contributed by atoms with Crippen LogP contribution in [0.4, 0.5) is 11.6 Å². The Bertz CT molecular complexity index is 905. The first-order valence-electron chi connectivity index (χ1n) is 8.70. The number of benzene rings is 1. The van der Waals surface area contributed by atoms with Crippen LogP contribution in [-0.2, 0) is 4.79 Å². The summed E-state index contributed by atoms with van der Waals surface area (Å²) in [6, 6.07) is 7.83. The van der Waals surface area contributed by atoms with Crippen LogP contribution < -0.4 is 9.80 Å². The maximum absolute atomic E-state index is 12.9. The Hall–Kier alpha value is -2.19. The number of carbonyl (C=O) groups excluding carboxylic acids is 1. The lowest BCUT2D eigenvalue weighted by molar-refractivity contribution is -0.122. The predicted molar refractivity (Wildman–Crippen MR) is 110 cm³/mol. The van der Waals surface area contributed by atoms with Gasteiger partial charge < -0.3 is 9.80 Å². The molecule has 0 bridgehead atoms. The highest BCUT2D eigenvalue weighted by Crippen LogP contribution is 2.45. The van der Waals surface area contributed by atoms with Gasteiger partial charge in [0.2, 0.25) is 0 Å². The monoisotopic (exact) mass is 385 g/mol. The maximum atomic E-state index is 12.9. The normalized spacial score (nSPS) is 17.1. The number of thioether (sulfide) groups is 1. The van der Waals surface area contributed by atoms with Gasteiger partial charge in [0.05, 0.1) is 11.0 Å². The van der Waals surface area contributed by atoms with Crippen LogP contribution in [0, 0.1) is 0 Å². The van der Waals surface area contributed by atoms with Gasteiger partial charge >= 0.3 is 0 Å². The van der Waals surface area contributed by atoms with Gasteiger partial charge in [-0.05, 0) is 32.9 Å². The minimum absolute atomic E-state index is 0.0354. The number of rotatable bonds is 3. The lowest BCUT2D eigenvalue weighted by Gasteiger charge is -2.23. The fourth-order valence-corrected chi connectivity index (χ4v) is 4.81. The molecule has 0 spiro atoms. The fourth-order valence-electron chi connectivity index (χ4n) is 3.34. The van der Waals surface area contributed by atoms with Crippen molar-refractivity contribution in [2.45, 2.75) is 20.8 Å². The Labute approximate surface area is 161 Å². The van der Waals surface area contributed by atoms with Crippen LogP contribution in [0.1, 0.15) is 20.8 Å². The van der Waals surface area contributed by atoms with E-state index in [1.165, 1.54) is 11.8 Å². The van der Waals surface area contributed by atoms with Crippen molar-refractivity contribution >= 4 is 56.9 Å². The summed E-state index contributed by atoms with van der Waals surface area (Å²) in [7, 11) is 0. The van der Waals surface area contributed by atoms with Gasteiger partial charge in [0.15, 0.2) is 11.6 Å². The predicted octanol–water partition coefficient (Wildman–Crippen LogP) is 3.35. The average Bonchev–Trinajstić information content (AvgIpc) is 3.11. The molecule has 2 aliphatic rings. The van der Waals surface area contributed by atoms with Crippen molar-refractivity contribution in [2.75, 3.05) is 29.4 Å². The van der Waals surface area contributed by atoms with Crippen LogP contribution >= 0.6 is 24.0 Å². The van der Waals surface area contributed by atoms with Gasteiger partial charge in [0.1, 0.15) is 15.0 Å². The Balaban J connectivity index is 1.93. The van der Waals surface area contributed by atoms with E-state index in [9.17, 15) is 4.79 Å². The Kier molecular flexibility index (Phi) is 4.32. The molecular weight excluding hydrogens is 366 g/mol. The van der Waals surface area contributed by atoms with Crippen molar-refractivity contribution < 1.29 is 4.79 Å². The van der Waals surface area contributed by atoms with Crippen LogP contribution in [0.15, 0.2) is 35.0 Å². The molecule has 26 heavy (non-hydrogen) atoms. The van der Waals surface area contributed by atoms with Crippen LogP contribution in [-0.4, -0.2) is 44.7 Å². The van der Waals surface area contributed by atoms with Crippen molar-refractivity contribution in [1.29, 1.82) is 0 Å². The summed E-state index contributed by atoms with van der Waals surface area (Å²) in [4.78, 5) is 29.0. The lowest BCUT2D eigenvalue weighted by atomic mass is 10.3. The number of amides is 1. The smallest absolute Gasteiger partial charge is 0.269 e. The molecule has 0 aliphatic carbocycles. The maximum Gasteiger partial charge on any atom is 0.269 e. The number of likely N-dealkylation sites (N-methyl/N-ethyl adjacent to an activating group) is 1. The number of fused-ring (bicyclic) bond motifs is 2. The van der Waals surface area contributed by atoms with Gasteiger partial charge in [0.25, 0.3) is 5.91 Å². The number of anilines is 2. The third kappa shape index (κ3) is 2.39. The summed E-state index contributed by atoms with van der Waals surface area (Å²) >= 11 is 6.77. The highest BCUT2D eigenvalue weighted by Gasteiger charge is 2.42. The number of aromatic nitrogens is 2. The van der Waals surface area contributed by atoms with E-state index >= 15 is 0 Å². The fraction of sp³-hybridized carbons (Fsp3) is 0.333. The third-order valence-corrected chi connectivity index (χ3v) is 5.98. The van der Waals surface area contributed by atoms with Crippen molar-refractivity contribution in [3.8, 4) is 0 Å². The van der Waals surface area contributed by atoms with Crippen LogP contribution in [0.5, 0.6) is 0 Å². The van der Waals surface area contributed by atoms with E-state index < -0.39 is 0 Å². The highest BCUT2D eigenvalue weighted by atomic mass is 32.2. The molecule has 0 saturated carbocycles. The van der Waals surface area contributed by atoms with Crippen molar-refractivity contribution in [3.05, 3.63) is 35.0 Å². The van der Waals surface area contributed by atoms with E-state index in [4.69, 9.17) is 22.2 Å². The molecule has 1 saturated heterocycles. The lowest BCUT2D eigenvalue weighted by Crippen LogP contribution is -2.33. The second-order valence-corrected chi connectivity index (χ2v) is 7.56. The number of nitrogens with zero attached hydrogens (tertiary/aromatic N) is 5. The largest absolute Gasteiger partial charge is 0.308 e. The number of carbonyl (C=O) groups is 1. The highest BCUT2D eigenvalue weighted by molar-refractivity contribution is 8.26. The molecule has 2 aromatic rings. The molecule has 6 nitrogen and oxygen atoms in total. The molecule has 8 heteroatoms. The molecular formula is C18H19N5OS2. The van der Waals surface area contributed by atoms with Crippen molar-refractivity contribution in [3.63, 3.8) is 0 Å². The topological polar surface area (TPSA) is 52.6 Å². The summed E-state index contributed by atoms with van der Waals surface area (Å²) in [6.07, 6.45) is 0. The van der Waals surface area contributed by atoms with Crippen LogP contribution in [0.25, 0.3) is 11.0 Å². The summed E-state index contributed by atoms with van der Waals surface area (Å²) in [6.45, 7) is 8.02. The first kappa shape index (κ1) is 17.2. The molecule has 1 amide bonds. The summed E-state index contributed by atoms with van der Waals surface area (Å²) in [5.41, 5.74) is 1.70. The van der Waals surface area contributed by atoms with Crippen LogP contribution in [0.3, 0.4) is 0 Å². The van der Waals surface area contributed by atoms with E-state index in [-0.39, 0.29) is 5.91 Å². The van der Waals surface area contributed by atoms with Gasteiger partial charge in [0, 0.05) is 19.6 Å². The van der Waals surface area contributed by atoms with E-state index in [0.29, 0.717) is 28.9 Å².